The third-order valence-electron chi connectivity index (χ3n) is 2.77. The standard InChI is InChI=1S/C14H9N3/c15-9-11-8-14(17-16-11)13-7-3-5-10-4-1-2-6-12(10)13/h1-8H,(H,16,17). The van der Waals surface area contributed by atoms with Crippen LogP contribution in [-0.4, -0.2) is 10.2 Å². The van der Waals surface area contributed by atoms with E-state index >= 15 is 0 Å². The molecule has 3 rings (SSSR count). The van der Waals surface area contributed by atoms with E-state index in [0.717, 1.165) is 16.6 Å². The van der Waals surface area contributed by atoms with Crippen LogP contribution < -0.4 is 0 Å². The Morgan fingerprint density at radius 2 is 1.88 bits per heavy atom. The van der Waals surface area contributed by atoms with E-state index in [2.05, 4.69) is 28.4 Å². The Bertz CT molecular complexity index is 714. The van der Waals surface area contributed by atoms with Crippen LogP contribution in [0.15, 0.2) is 48.5 Å². The maximum atomic E-state index is 8.78. The normalized spacial score (nSPS) is 10.3. The van der Waals surface area contributed by atoms with E-state index in [1.807, 2.05) is 30.3 Å². The van der Waals surface area contributed by atoms with E-state index in [1.165, 1.54) is 5.39 Å². The number of nitrogens with zero attached hydrogens (tertiary/aromatic N) is 2. The molecule has 0 atom stereocenters. The van der Waals surface area contributed by atoms with Crippen molar-refractivity contribution >= 4 is 10.8 Å². The van der Waals surface area contributed by atoms with Gasteiger partial charge in [0, 0.05) is 11.6 Å². The number of nitriles is 1. The molecular weight excluding hydrogens is 210 g/mol. The molecule has 0 unspecified atom stereocenters. The largest absolute Gasteiger partial charge is 0.276 e. The summed E-state index contributed by atoms with van der Waals surface area (Å²) in [6.07, 6.45) is 0. The van der Waals surface area contributed by atoms with Crippen LogP contribution in [0.2, 0.25) is 0 Å². The molecule has 17 heavy (non-hydrogen) atoms. The van der Waals surface area contributed by atoms with Crippen molar-refractivity contribution in [2.24, 2.45) is 0 Å². The summed E-state index contributed by atoms with van der Waals surface area (Å²) in [5, 5.41) is 17.9. The molecule has 3 heteroatoms. The fourth-order valence-corrected chi connectivity index (χ4v) is 1.98. The fourth-order valence-electron chi connectivity index (χ4n) is 1.98. The highest BCUT2D eigenvalue weighted by Crippen LogP contribution is 2.27. The van der Waals surface area contributed by atoms with Gasteiger partial charge < -0.3 is 0 Å². The van der Waals surface area contributed by atoms with Crippen molar-refractivity contribution in [1.29, 1.82) is 5.26 Å². The quantitative estimate of drug-likeness (QED) is 0.683. The Kier molecular flexibility index (Phi) is 2.13. The summed E-state index contributed by atoms with van der Waals surface area (Å²) in [4.78, 5) is 0. The van der Waals surface area contributed by atoms with E-state index in [4.69, 9.17) is 5.26 Å². The molecule has 0 aliphatic carbocycles. The zero-order chi connectivity index (χ0) is 11.7. The Morgan fingerprint density at radius 1 is 1.06 bits per heavy atom. The highest BCUT2D eigenvalue weighted by Gasteiger charge is 2.06. The zero-order valence-electron chi connectivity index (χ0n) is 9.01. The van der Waals surface area contributed by atoms with Crippen molar-refractivity contribution in [2.75, 3.05) is 0 Å². The van der Waals surface area contributed by atoms with Gasteiger partial charge in [0.15, 0.2) is 5.69 Å². The molecule has 0 aliphatic heterocycles. The number of hydrogen-bond acceptors (Lipinski definition) is 2. The zero-order valence-corrected chi connectivity index (χ0v) is 9.01. The van der Waals surface area contributed by atoms with Gasteiger partial charge in [-0.25, -0.2) is 0 Å². The van der Waals surface area contributed by atoms with Crippen molar-refractivity contribution in [1.82, 2.24) is 10.2 Å². The minimum atomic E-state index is 0.410. The van der Waals surface area contributed by atoms with Gasteiger partial charge in [0.2, 0.25) is 0 Å². The van der Waals surface area contributed by atoms with E-state index in [0.29, 0.717) is 5.69 Å². The lowest BCUT2D eigenvalue weighted by atomic mass is 10.0. The lowest BCUT2D eigenvalue weighted by molar-refractivity contribution is 1.08. The number of H-pyrrole nitrogens is 1. The molecule has 80 valence electrons. The number of benzene rings is 2. The topological polar surface area (TPSA) is 52.5 Å². The van der Waals surface area contributed by atoms with Gasteiger partial charge in [-0.1, -0.05) is 42.5 Å². The highest BCUT2D eigenvalue weighted by atomic mass is 15.1. The number of rotatable bonds is 1. The predicted octanol–water partition coefficient (Wildman–Crippen LogP) is 3.10. The maximum Gasteiger partial charge on any atom is 0.162 e. The van der Waals surface area contributed by atoms with Gasteiger partial charge in [0.1, 0.15) is 6.07 Å². The number of fused-ring (bicyclic) bond motifs is 1. The Balaban J connectivity index is 2.27. The SMILES string of the molecule is N#Cc1cc(-c2cccc3ccccc23)[nH]n1. The molecule has 0 saturated heterocycles. The summed E-state index contributed by atoms with van der Waals surface area (Å²) in [7, 11) is 0. The molecule has 0 fully saturated rings. The average Bonchev–Trinajstić information content (AvgIpc) is 2.87. The minimum Gasteiger partial charge on any atom is -0.276 e. The van der Waals surface area contributed by atoms with Gasteiger partial charge in [-0.15, -0.1) is 0 Å². The molecule has 0 radical (unpaired) electrons. The highest BCUT2D eigenvalue weighted by molar-refractivity contribution is 5.95. The maximum absolute atomic E-state index is 8.78. The molecule has 0 saturated carbocycles. The molecule has 3 aromatic rings. The lowest BCUT2D eigenvalue weighted by Crippen LogP contribution is -1.80. The minimum absolute atomic E-state index is 0.410. The van der Waals surface area contributed by atoms with Gasteiger partial charge in [-0.05, 0) is 10.8 Å². The monoisotopic (exact) mass is 219 g/mol. The predicted molar refractivity (Wildman–Crippen MR) is 66.2 cm³/mol. The number of hydrogen-bond donors (Lipinski definition) is 1. The van der Waals surface area contributed by atoms with E-state index in [1.54, 1.807) is 6.07 Å². The number of aromatic nitrogens is 2. The molecule has 1 aromatic heterocycles. The summed E-state index contributed by atoms with van der Waals surface area (Å²) in [5.41, 5.74) is 2.35. The molecular formula is C14H9N3. The molecule has 1 heterocycles. The number of nitrogens with one attached hydrogen (secondary N) is 1. The second-order valence-electron chi connectivity index (χ2n) is 3.81. The van der Waals surface area contributed by atoms with Crippen LogP contribution in [-0.2, 0) is 0 Å². The van der Waals surface area contributed by atoms with Crippen LogP contribution in [0.3, 0.4) is 0 Å². The van der Waals surface area contributed by atoms with Crippen LogP contribution in [0.5, 0.6) is 0 Å². The molecule has 1 N–H and O–H groups in total. The molecule has 0 aliphatic rings. The first-order valence-electron chi connectivity index (χ1n) is 5.32. The van der Waals surface area contributed by atoms with Crippen LogP contribution in [0, 0.1) is 11.3 Å². The summed E-state index contributed by atoms with van der Waals surface area (Å²) in [5.74, 6) is 0. The molecule has 3 nitrogen and oxygen atoms in total. The third-order valence-corrected chi connectivity index (χ3v) is 2.77. The Morgan fingerprint density at radius 3 is 2.71 bits per heavy atom. The van der Waals surface area contributed by atoms with Gasteiger partial charge >= 0.3 is 0 Å². The summed E-state index contributed by atoms with van der Waals surface area (Å²) in [6.45, 7) is 0. The first-order chi connectivity index (χ1) is 8.38. The Labute approximate surface area is 98.3 Å². The number of aromatic amines is 1. The van der Waals surface area contributed by atoms with Crippen LogP contribution in [0.25, 0.3) is 22.0 Å². The third kappa shape index (κ3) is 1.56. The van der Waals surface area contributed by atoms with Crippen molar-refractivity contribution in [3.63, 3.8) is 0 Å². The lowest BCUT2D eigenvalue weighted by Gasteiger charge is -2.03. The molecule has 0 bridgehead atoms. The first-order valence-corrected chi connectivity index (χ1v) is 5.32. The van der Waals surface area contributed by atoms with E-state index in [-0.39, 0.29) is 0 Å². The molecule has 0 spiro atoms. The van der Waals surface area contributed by atoms with Crippen molar-refractivity contribution < 1.29 is 0 Å². The van der Waals surface area contributed by atoms with Crippen molar-refractivity contribution in [3.05, 3.63) is 54.2 Å². The molecule has 0 amide bonds. The molecule has 2 aromatic carbocycles. The van der Waals surface area contributed by atoms with Crippen LogP contribution in [0.1, 0.15) is 5.69 Å². The Hall–Kier alpha value is -2.60. The van der Waals surface area contributed by atoms with Crippen molar-refractivity contribution in [3.8, 4) is 17.3 Å². The van der Waals surface area contributed by atoms with Gasteiger partial charge in [-0.3, -0.25) is 5.10 Å². The van der Waals surface area contributed by atoms with E-state index in [9.17, 15) is 0 Å². The smallest absolute Gasteiger partial charge is 0.162 e. The van der Waals surface area contributed by atoms with Crippen LogP contribution in [0.4, 0.5) is 0 Å². The van der Waals surface area contributed by atoms with E-state index < -0.39 is 0 Å². The summed E-state index contributed by atoms with van der Waals surface area (Å²) in [6, 6.07) is 18.0. The van der Waals surface area contributed by atoms with Gasteiger partial charge in [-0.2, -0.15) is 10.4 Å². The summed E-state index contributed by atoms with van der Waals surface area (Å²) >= 11 is 0. The van der Waals surface area contributed by atoms with Crippen molar-refractivity contribution in [2.45, 2.75) is 0 Å². The average molecular weight is 219 g/mol. The van der Waals surface area contributed by atoms with Gasteiger partial charge in [0.05, 0.1) is 5.69 Å². The van der Waals surface area contributed by atoms with Crippen LogP contribution >= 0.6 is 0 Å². The summed E-state index contributed by atoms with van der Waals surface area (Å²) < 4.78 is 0. The fraction of sp³-hybridized carbons (Fsp3) is 0. The second kappa shape index (κ2) is 3.76. The first kappa shape index (κ1) is 9.61. The van der Waals surface area contributed by atoms with Gasteiger partial charge in [0.25, 0.3) is 0 Å². The second-order valence-corrected chi connectivity index (χ2v) is 3.81.